The largest absolute Gasteiger partial charge is 0.497 e. The SMILES string of the molecule is COc1ccc(C=C(CCCCCN)C(=O)O)cc1. The maximum absolute atomic E-state index is 11.2. The first-order valence-electron chi connectivity index (χ1n) is 6.45. The fourth-order valence-corrected chi connectivity index (χ4v) is 1.78. The van der Waals surface area contributed by atoms with Gasteiger partial charge in [0.05, 0.1) is 7.11 Å². The van der Waals surface area contributed by atoms with Crippen LogP contribution >= 0.6 is 0 Å². The van der Waals surface area contributed by atoms with Gasteiger partial charge in [-0.1, -0.05) is 18.6 Å². The van der Waals surface area contributed by atoms with Crippen molar-refractivity contribution in [2.45, 2.75) is 25.7 Å². The summed E-state index contributed by atoms with van der Waals surface area (Å²) in [4.78, 5) is 11.2. The lowest BCUT2D eigenvalue weighted by Crippen LogP contribution is -2.02. The van der Waals surface area contributed by atoms with E-state index in [4.69, 9.17) is 10.5 Å². The molecule has 0 aliphatic carbocycles. The van der Waals surface area contributed by atoms with E-state index in [-0.39, 0.29) is 0 Å². The van der Waals surface area contributed by atoms with Gasteiger partial charge in [0.25, 0.3) is 0 Å². The summed E-state index contributed by atoms with van der Waals surface area (Å²) in [5.74, 6) is -0.0967. The second kappa shape index (κ2) is 8.32. The molecule has 0 spiro atoms. The molecule has 1 rings (SSSR count). The number of hydrogen-bond donors (Lipinski definition) is 2. The lowest BCUT2D eigenvalue weighted by Gasteiger charge is -2.04. The van der Waals surface area contributed by atoms with Crippen molar-refractivity contribution in [1.82, 2.24) is 0 Å². The monoisotopic (exact) mass is 263 g/mol. The highest BCUT2D eigenvalue weighted by Crippen LogP contribution is 2.17. The quantitative estimate of drug-likeness (QED) is 0.558. The predicted octanol–water partition coefficient (Wildman–Crippen LogP) is 2.68. The number of ether oxygens (including phenoxy) is 1. The molecule has 0 fully saturated rings. The average molecular weight is 263 g/mol. The van der Waals surface area contributed by atoms with Crippen LogP contribution in [0, 0.1) is 0 Å². The zero-order valence-electron chi connectivity index (χ0n) is 11.3. The van der Waals surface area contributed by atoms with Crippen molar-refractivity contribution in [2.75, 3.05) is 13.7 Å². The molecule has 4 heteroatoms. The van der Waals surface area contributed by atoms with Gasteiger partial charge in [0.15, 0.2) is 0 Å². The standard InChI is InChI=1S/C15H21NO3/c1-19-14-8-6-12(7-9-14)11-13(15(17)18)5-3-2-4-10-16/h6-9,11H,2-5,10,16H2,1H3,(H,17,18). The topological polar surface area (TPSA) is 72.5 Å². The van der Waals surface area contributed by atoms with Gasteiger partial charge in [0, 0.05) is 5.57 Å². The molecule has 0 aromatic heterocycles. The number of carbonyl (C=O) groups is 1. The lowest BCUT2D eigenvalue weighted by molar-refractivity contribution is -0.132. The minimum atomic E-state index is -0.858. The van der Waals surface area contributed by atoms with Crippen molar-refractivity contribution in [3.63, 3.8) is 0 Å². The molecule has 4 nitrogen and oxygen atoms in total. The van der Waals surface area contributed by atoms with Crippen LogP contribution in [0.4, 0.5) is 0 Å². The van der Waals surface area contributed by atoms with Crippen LogP contribution in [-0.2, 0) is 4.79 Å². The van der Waals surface area contributed by atoms with Crippen molar-refractivity contribution in [3.8, 4) is 5.75 Å². The number of aliphatic carboxylic acids is 1. The summed E-state index contributed by atoms with van der Waals surface area (Å²) in [5, 5.41) is 9.17. The summed E-state index contributed by atoms with van der Waals surface area (Å²) in [6.07, 6.45) is 5.04. The van der Waals surface area contributed by atoms with Gasteiger partial charge in [-0.15, -0.1) is 0 Å². The Morgan fingerprint density at radius 1 is 1.26 bits per heavy atom. The Kier molecular flexibility index (Phi) is 6.68. The Bertz CT molecular complexity index is 424. The molecule has 0 radical (unpaired) electrons. The molecule has 0 saturated heterocycles. The van der Waals surface area contributed by atoms with Gasteiger partial charge < -0.3 is 15.6 Å². The molecule has 0 heterocycles. The number of nitrogens with two attached hydrogens (primary N) is 1. The molecule has 1 aromatic rings. The zero-order chi connectivity index (χ0) is 14.1. The molecule has 1 aromatic carbocycles. The minimum absolute atomic E-state index is 0.433. The van der Waals surface area contributed by atoms with Gasteiger partial charge in [0.1, 0.15) is 5.75 Å². The smallest absolute Gasteiger partial charge is 0.331 e. The number of unbranched alkanes of at least 4 members (excludes halogenated alkanes) is 2. The molecule has 0 unspecified atom stereocenters. The second-order valence-electron chi connectivity index (χ2n) is 4.35. The van der Waals surface area contributed by atoms with Gasteiger partial charge in [-0.2, -0.15) is 0 Å². The number of carboxylic acids is 1. The highest BCUT2D eigenvalue weighted by atomic mass is 16.5. The Morgan fingerprint density at radius 2 is 1.95 bits per heavy atom. The molecular weight excluding hydrogens is 242 g/mol. The maximum Gasteiger partial charge on any atom is 0.331 e. The molecule has 0 amide bonds. The third-order valence-electron chi connectivity index (χ3n) is 2.88. The molecule has 0 aliphatic rings. The fraction of sp³-hybridized carbons (Fsp3) is 0.400. The van der Waals surface area contributed by atoms with E-state index < -0.39 is 5.97 Å². The van der Waals surface area contributed by atoms with E-state index in [1.54, 1.807) is 13.2 Å². The molecule has 0 aliphatic heterocycles. The van der Waals surface area contributed by atoms with E-state index >= 15 is 0 Å². The first kappa shape index (κ1) is 15.2. The first-order valence-corrected chi connectivity index (χ1v) is 6.45. The molecule has 0 bridgehead atoms. The maximum atomic E-state index is 11.2. The van der Waals surface area contributed by atoms with Crippen LogP contribution in [0.5, 0.6) is 5.75 Å². The number of hydrogen-bond acceptors (Lipinski definition) is 3. The van der Waals surface area contributed by atoms with Gasteiger partial charge >= 0.3 is 5.97 Å². The molecule has 104 valence electrons. The van der Waals surface area contributed by atoms with E-state index in [1.165, 1.54) is 0 Å². The summed E-state index contributed by atoms with van der Waals surface area (Å²) in [7, 11) is 1.60. The zero-order valence-corrected chi connectivity index (χ0v) is 11.3. The van der Waals surface area contributed by atoms with E-state index in [0.29, 0.717) is 18.5 Å². The molecule has 0 atom stereocenters. The summed E-state index contributed by atoms with van der Waals surface area (Å²) in [6, 6.07) is 7.34. The lowest BCUT2D eigenvalue weighted by atomic mass is 10.0. The molecular formula is C15H21NO3. The van der Waals surface area contributed by atoms with E-state index in [9.17, 15) is 9.90 Å². The second-order valence-corrected chi connectivity index (χ2v) is 4.35. The molecule has 19 heavy (non-hydrogen) atoms. The fourth-order valence-electron chi connectivity index (χ4n) is 1.78. The van der Waals surface area contributed by atoms with Crippen LogP contribution in [0.15, 0.2) is 29.8 Å². The van der Waals surface area contributed by atoms with Crippen LogP contribution in [-0.4, -0.2) is 24.7 Å². The summed E-state index contributed by atoms with van der Waals surface area (Å²) in [5.41, 5.74) is 6.72. The van der Waals surface area contributed by atoms with Crippen LogP contribution < -0.4 is 10.5 Å². The summed E-state index contributed by atoms with van der Waals surface area (Å²) >= 11 is 0. The van der Waals surface area contributed by atoms with Crippen molar-refractivity contribution in [2.24, 2.45) is 5.73 Å². The minimum Gasteiger partial charge on any atom is -0.497 e. The third-order valence-corrected chi connectivity index (χ3v) is 2.88. The van der Waals surface area contributed by atoms with Gasteiger partial charge in [-0.25, -0.2) is 4.79 Å². The molecule has 0 saturated carbocycles. The van der Waals surface area contributed by atoms with E-state index in [1.807, 2.05) is 24.3 Å². The Hall–Kier alpha value is -1.81. The van der Waals surface area contributed by atoms with Crippen molar-refractivity contribution in [3.05, 3.63) is 35.4 Å². The van der Waals surface area contributed by atoms with Crippen LogP contribution in [0.25, 0.3) is 6.08 Å². The molecule has 3 N–H and O–H groups in total. The normalized spacial score (nSPS) is 11.4. The Labute approximate surface area is 113 Å². The van der Waals surface area contributed by atoms with Crippen molar-refractivity contribution < 1.29 is 14.6 Å². The van der Waals surface area contributed by atoms with E-state index in [2.05, 4.69) is 0 Å². The van der Waals surface area contributed by atoms with Gasteiger partial charge in [-0.05, 0) is 49.6 Å². The third kappa shape index (κ3) is 5.57. The predicted molar refractivity (Wildman–Crippen MR) is 76.1 cm³/mol. The number of benzene rings is 1. The summed E-state index contributed by atoms with van der Waals surface area (Å²) < 4.78 is 5.06. The number of methoxy groups -OCH3 is 1. The average Bonchev–Trinajstić information content (AvgIpc) is 2.42. The first-order chi connectivity index (χ1) is 9.17. The highest BCUT2D eigenvalue weighted by molar-refractivity contribution is 5.92. The van der Waals surface area contributed by atoms with E-state index in [0.717, 1.165) is 30.6 Å². The summed E-state index contributed by atoms with van der Waals surface area (Å²) in [6.45, 7) is 0.657. The highest BCUT2D eigenvalue weighted by Gasteiger charge is 2.07. The van der Waals surface area contributed by atoms with Crippen molar-refractivity contribution in [1.29, 1.82) is 0 Å². The number of rotatable bonds is 8. The van der Waals surface area contributed by atoms with Crippen molar-refractivity contribution >= 4 is 12.0 Å². The Morgan fingerprint density at radius 3 is 2.47 bits per heavy atom. The van der Waals surface area contributed by atoms with Crippen LogP contribution in [0.1, 0.15) is 31.2 Å². The van der Waals surface area contributed by atoms with Gasteiger partial charge in [-0.3, -0.25) is 0 Å². The number of carboxylic acid groups (broad SMARTS) is 1. The van der Waals surface area contributed by atoms with Crippen LogP contribution in [0.3, 0.4) is 0 Å². The van der Waals surface area contributed by atoms with Gasteiger partial charge in [0.2, 0.25) is 0 Å². The Balaban J connectivity index is 2.68. The van der Waals surface area contributed by atoms with Crippen LogP contribution in [0.2, 0.25) is 0 Å².